The number of nitrogens with one attached hydrogen (secondary N) is 1. The highest BCUT2D eigenvalue weighted by atomic mass is 16.5. The smallest absolute Gasteiger partial charge is 0.0763 e. The van der Waals surface area contributed by atoms with Crippen LogP contribution in [0.25, 0.3) is 0 Å². The molecule has 1 aliphatic carbocycles. The summed E-state index contributed by atoms with van der Waals surface area (Å²) in [6.07, 6.45) is 8.32. The molecule has 2 fully saturated rings. The van der Waals surface area contributed by atoms with Crippen LogP contribution in [-0.2, 0) is 4.74 Å². The van der Waals surface area contributed by atoms with Crippen molar-refractivity contribution in [2.75, 3.05) is 6.54 Å². The first-order chi connectivity index (χ1) is 7.65. The number of hydrogen-bond donors (Lipinski definition) is 1. The molecule has 16 heavy (non-hydrogen) atoms. The normalized spacial score (nSPS) is 31.4. The summed E-state index contributed by atoms with van der Waals surface area (Å²) >= 11 is 0. The lowest BCUT2D eigenvalue weighted by atomic mass is 10.0. The zero-order valence-corrected chi connectivity index (χ0v) is 10.8. The maximum Gasteiger partial charge on any atom is 0.0763 e. The summed E-state index contributed by atoms with van der Waals surface area (Å²) in [6.45, 7) is 7.78. The van der Waals surface area contributed by atoms with Crippen LogP contribution in [0.2, 0.25) is 0 Å². The molecule has 2 nitrogen and oxygen atoms in total. The Hall–Kier alpha value is -0.340. The molecule has 0 aromatic carbocycles. The summed E-state index contributed by atoms with van der Waals surface area (Å²) in [5.74, 6) is 0.630. The van der Waals surface area contributed by atoms with Gasteiger partial charge in [-0.1, -0.05) is 25.5 Å². The first-order valence-corrected chi connectivity index (χ1v) is 6.74. The molecule has 2 unspecified atom stereocenters. The van der Waals surface area contributed by atoms with E-state index in [0.717, 1.165) is 12.6 Å². The fourth-order valence-corrected chi connectivity index (χ4v) is 2.20. The lowest BCUT2D eigenvalue weighted by Crippen LogP contribution is -2.22. The van der Waals surface area contributed by atoms with Gasteiger partial charge in [0.05, 0.1) is 12.2 Å². The van der Waals surface area contributed by atoms with Gasteiger partial charge in [0, 0.05) is 12.6 Å². The number of ether oxygens (including phenoxy) is 1. The Morgan fingerprint density at radius 1 is 1.31 bits per heavy atom. The van der Waals surface area contributed by atoms with E-state index in [1.165, 1.54) is 31.3 Å². The summed E-state index contributed by atoms with van der Waals surface area (Å²) in [5, 5.41) is 3.60. The molecule has 2 atom stereocenters. The van der Waals surface area contributed by atoms with Crippen LogP contribution in [-0.4, -0.2) is 24.8 Å². The molecule has 2 aliphatic rings. The second-order valence-corrected chi connectivity index (χ2v) is 5.61. The van der Waals surface area contributed by atoms with Crippen LogP contribution >= 0.6 is 0 Å². The van der Waals surface area contributed by atoms with Crippen LogP contribution in [0.15, 0.2) is 11.6 Å². The van der Waals surface area contributed by atoms with Crippen molar-refractivity contribution < 1.29 is 4.74 Å². The number of hydrogen-bond acceptors (Lipinski definition) is 2. The molecule has 0 spiro atoms. The van der Waals surface area contributed by atoms with Crippen LogP contribution < -0.4 is 5.32 Å². The average molecular weight is 223 g/mol. The molecule has 0 bridgehead atoms. The molecule has 0 radical (unpaired) electrons. The molecule has 2 rings (SSSR count). The van der Waals surface area contributed by atoms with Crippen molar-refractivity contribution in [3.8, 4) is 0 Å². The highest BCUT2D eigenvalue weighted by Gasteiger charge is 2.23. The lowest BCUT2D eigenvalue weighted by Gasteiger charge is -2.15. The topological polar surface area (TPSA) is 21.3 Å². The molecule has 1 aliphatic heterocycles. The predicted molar refractivity (Wildman–Crippen MR) is 67.5 cm³/mol. The van der Waals surface area contributed by atoms with E-state index in [-0.39, 0.29) is 0 Å². The van der Waals surface area contributed by atoms with Crippen LogP contribution in [0.1, 0.15) is 46.5 Å². The molecule has 1 N–H and O–H groups in total. The van der Waals surface area contributed by atoms with E-state index in [9.17, 15) is 0 Å². The zero-order valence-electron chi connectivity index (χ0n) is 10.8. The summed E-state index contributed by atoms with van der Waals surface area (Å²) in [7, 11) is 0. The van der Waals surface area contributed by atoms with Gasteiger partial charge in [0.2, 0.25) is 0 Å². The van der Waals surface area contributed by atoms with Gasteiger partial charge in [-0.25, -0.2) is 0 Å². The van der Waals surface area contributed by atoms with Crippen molar-refractivity contribution in [3.05, 3.63) is 11.6 Å². The van der Waals surface area contributed by atoms with E-state index in [4.69, 9.17) is 4.74 Å². The fraction of sp³-hybridized carbons (Fsp3) is 0.857. The zero-order chi connectivity index (χ0) is 11.5. The van der Waals surface area contributed by atoms with Crippen LogP contribution in [0.4, 0.5) is 0 Å². The lowest BCUT2D eigenvalue weighted by molar-refractivity contribution is 0.0825. The Balaban J connectivity index is 1.86. The Labute approximate surface area is 99.4 Å². The Morgan fingerprint density at radius 3 is 2.56 bits per heavy atom. The standard InChI is InChI=1S/C14H25NO/c1-10(2)12(9-15-13-5-6-13)8-14-7-4-11(3)16-14/h8,10-11,13-15H,4-7,9H2,1-3H3/b12-8-. The summed E-state index contributed by atoms with van der Waals surface area (Å²) in [6, 6.07) is 0.797. The van der Waals surface area contributed by atoms with Crippen LogP contribution in [0, 0.1) is 5.92 Å². The minimum absolute atomic E-state index is 0.369. The van der Waals surface area contributed by atoms with Crippen molar-refractivity contribution in [3.63, 3.8) is 0 Å². The van der Waals surface area contributed by atoms with E-state index < -0.39 is 0 Å². The first-order valence-electron chi connectivity index (χ1n) is 6.74. The van der Waals surface area contributed by atoms with Gasteiger partial charge in [0.15, 0.2) is 0 Å². The van der Waals surface area contributed by atoms with Gasteiger partial charge in [-0.3, -0.25) is 0 Å². The molecule has 92 valence electrons. The monoisotopic (exact) mass is 223 g/mol. The van der Waals surface area contributed by atoms with E-state index >= 15 is 0 Å². The minimum Gasteiger partial charge on any atom is -0.371 e. The minimum atomic E-state index is 0.369. The van der Waals surface area contributed by atoms with Gasteiger partial charge in [0.25, 0.3) is 0 Å². The van der Waals surface area contributed by atoms with Gasteiger partial charge in [-0.2, -0.15) is 0 Å². The molecule has 0 aromatic heterocycles. The predicted octanol–water partition coefficient (Wildman–Crippen LogP) is 2.89. The summed E-state index contributed by atoms with van der Waals surface area (Å²) in [4.78, 5) is 0. The van der Waals surface area contributed by atoms with E-state index in [1.54, 1.807) is 0 Å². The molecule has 1 heterocycles. The Morgan fingerprint density at radius 2 is 2.06 bits per heavy atom. The maximum atomic E-state index is 5.86. The molecule has 1 saturated heterocycles. The first kappa shape index (κ1) is 12.1. The molecule has 0 aromatic rings. The second kappa shape index (κ2) is 5.33. The fourth-order valence-electron chi connectivity index (χ4n) is 2.20. The molecular weight excluding hydrogens is 198 g/mol. The molecule has 1 saturated carbocycles. The Kier molecular flexibility index (Phi) is 4.04. The van der Waals surface area contributed by atoms with Gasteiger partial charge in [0.1, 0.15) is 0 Å². The third kappa shape index (κ3) is 3.60. The largest absolute Gasteiger partial charge is 0.371 e. The van der Waals surface area contributed by atoms with Crippen molar-refractivity contribution in [2.45, 2.75) is 64.7 Å². The van der Waals surface area contributed by atoms with Crippen LogP contribution in [0.5, 0.6) is 0 Å². The maximum absolute atomic E-state index is 5.86. The molecular formula is C14H25NO. The number of rotatable bonds is 5. The highest BCUT2D eigenvalue weighted by molar-refractivity contribution is 5.11. The summed E-state index contributed by atoms with van der Waals surface area (Å²) in [5.41, 5.74) is 1.52. The van der Waals surface area contributed by atoms with Crippen molar-refractivity contribution in [2.24, 2.45) is 5.92 Å². The average Bonchev–Trinajstić information content (AvgIpc) is 2.96. The SMILES string of the molecule is CC1CCC(/C=C(/CNC2CC2)C(C)C)O1. The van der Waals surface area contributed by atoms with Crippen molar-refractivity contribution in [1.82, 2.24) is 5.32 Å². The third-order valence-electron chi connectivity index (χ3n) is 3.58. The second-order valence-electron chi connectivity index (χ2n) is 5.61. The van der Waals surface area contributed by atoms with Crippen molar-refractivity contribution >= 4 is 0 Å². The molecule has 0 amide bonds. The van der Waals surface area contributed by atoms with Crippen LogP contribution in [0.3, 0.4) is 0 Å². The Bertz CT molecular complexity index is 255. The summed E-state index contributed by atoms with van der Waals surface area (Å²) < 4.78 is 5.86. The van der Waals surface area contributed by atoms with E-state index in [0.29, 0.717) is 18.1 Å². The van der Waals surface area contributed by atoms with Gasteiger partial charge >= 0.3 is 0 Å². The quantitative estimate of drug-likeness (QED) is 0.724. The van der Waals surface area contributed by atoms with Gasteiger partial charge in [-0.15, -0.1) is 0 Å². The van der Waals surface area contributed by atoms with E-state index in [2.05, 4.69) is 32.2 Å². The van der Waals surface area contributed by atoms with E-state index in [1.807, 2.05) is 0 Å². The van der Waals surface area contributed by atoms with Gasteiger partial charge < -0.3 is 10.1 Å². The highest BCUT2D eigenvalue weighted by Crippen LogP contribution is 2.24. The van der Waals surface area contributed by atoms with Crippen molar-refractivity contribution in [1.29, 1.82) is 0 Å². The third-order valence-corrected chi connectivity index (χ3v) is 3.58. The van der Waals surface area contributed by atoms with Gasteiger partial charge in [-0.05, 0) is 38.5 Å². The molecule has 2 heteroatoms.